The highest BCUT2D eigenvalue weighted by atomic mass is 79.9. The molecule has 0 unspecified atom stereocenters. The van der Waals surface area contributed by atoms with E-state index in [1.807, 2.05) is 72.1 Å². The summed E-state index contributed by atoms with van der Waals surface area (Å²) in [6.45, 7) is -0.0682. The molecular weight excluding hydrogens is 424 g/mol. The highest BCUT2D eigenvalue weighted by molar-refractivity contribution is 9.10. The van der Waals surface area contributed by atoms with Gasteiger partial charge in [0.15, 0.2) is 11.7 Å². The molecule has 0 fully saturated rings. The Morgan fingerprint density at radius 3 is 2.67 bits per heavy atom. The molecule has 0 spiro atoms. The van der Waals surface area contributed by atoms with Crippen molar-refractivity contribution in [3.05, 3.63) is 76.6 Å². The Morgan fingerprint density at radius 1 is 1.04 bits per heavy atom. The first-order valence-corrected chi connectivity index (χ1v) is 9.98. The van der Waals surface area contributed by atoms with E-state index in [9.17, 15) is 4.79 Å². The molecule has 0 aliphatic rings. The lowest BCUT2D eigenvalue weighted by atomic mass is 10.1. The van der Waals surface area contributed by atoms with E-state index in [0.717, 1.165) is 26.5 Å². The van der Waals surface area contributed by atoms with Gasteiger partial charge in [-0.3, -0.25) is 10.1 Å². The number of ether oxygens (including phenoxy) is 1. The van der Waals surface area contributed by atoms with Crippen LogP contribution >= 0.6 is 27.3 Å². The molecule has 1 heterocycles. The number of halogens is 1. The van der Waals surface area contributed by atoms with Gasteiger partial charge < -0.3 is 4.74 Å². The van der Waals surface area contributed by atoms with Crippen molar-refractivity contribution in [3.8, 4) is 17.0 Å². The number of nitrogens with zero attached hydrogens (tertiary/aromatic N) is 1. The number of hydrogen-bond acceptors (Lipinski definition) is 4. The molecule has 1 aromatic heterocycles. The average molecular weight is 439 g/mol. The van der Waals surface area contributed by atoms with Crippen LogP contribution in [0, 0.1) is 0 Å². The molecule has 3 aromatic carbocycles. The van der Waals surface area contributed by atoms with Crippen molar-refractivity contribution >= 4 is 49.1 Å². The van der Waals surface area contributed by atoms with E-state index < -0.39 is 0 Å². The molecular formula is C21H15BrN2O2S. The van der Waals surface area contributed by atoms with Crippen molar-refractivity contribution in [2.75, 3.05) is 11.9 Å². The minimum atomic E-state index is -0.236. The fourth-order valence-corrected chi connectivity index (χ4v) is 3.70. The first kappa shape index (κ1) is 17.7. The number of hydrogen-bond donors (Lipinski definition) is 1. The van der Waals surface area contributed by atoms with E-state index in [0.29, 0.717) is 10.9 Å². The van der Waals surface area contributed by atoms with Crippen molar-refractivity contribution in [2.24, 2.45) is 0 Å². The van der Waals surface area contributed by atoms with Crippen LogP contribution in [-0.2, 0) is 4.79 Å². The number of carbonyl (C=O) groups excluding carboxylic acids is 1. The predicted molar refractivity (Wildman–Crippen MR) is 113 cm³/mol. The van der Waals surface area contributed by atoms with Gasteiger partial charge in [-0.2, -0.15) is 0 Å². The van der Waals surface area contributed by atoms with Crippen LogP contribution in [0.5, 0.6) is 5.75 Å². The second-order valence-corrected chi connectivity index (χ2v) is 7.63. The Hall–Kier alpha value is -2.70. The smallest absolute Gasteiger partial charge is 0.264 e. The van der Waals surface area contributed by atoms with Crippen molar-refractivity contribution in [1.29, 1.82) is 0 Å². The summed E-state index contributed by atoms with van der Waals surface area (Å²) in [5.74, 6) is 0.456. The molecule has 0 aliphatic carbocycles. The second kappa shape index (κ2) is 7.90. The number of benzene rings is 3. The number of carbonyl (C=O) groups is 1. The number of nitrogens with one attached hydrogen (secondary N) is 1. The molecule has 0 bridgehead atoms. The van der Waals surface area contributed by atoms with Gasteiger partial charge in [0.1, 0.15) is 5.75 Å². The highest BCUT2D eigenvalue weighted by Crippen LogP contribution is 2.27. The molecule has 6 heteroatoms. The van der Waals surface area contributed by atoms with Gasteiger partial charge in [0.2, 0.25) is 0 Å². The minimum Gasteiger partial charge on any atom is -0.483 e. The van der Waals surface area contributed by atoms with Crippen LogP contribution in [0.2, 0.25) is 0 Å². The Balaban J connectivity index is 1.40. The maximum Gasteiger partial charge on any atom is 0.264 e. The highest BCUT2D eigenvalue weighted by Gasteiger charge is 2.10. The average Bonchev–Trinajstić information content (AvgIpc) is 3.15. The molecule has 134 valence electrons. The fourth-order valence-electron chi connectivity index (χ4n) is 2.70. The molecule has 0 saturated carbocycles. The zero-order valence-electron chi connectivity index (χ0n) is 14.2. The number of rotatable bonds is 5. The molecule has 1 amide bonds. The number of anilines is 1. The van der Waals surface area contributed by atoms with E-state index in [4.69, 9.17) is 4.74 Å². The largest absolute Gasteiger partial charge is 0.483 e. The van der Waals surface area contributed by atoms with Crippen molar-refractivity contribution in [3.63, 3.8) is 0 Å². The van der Waals surface area contributed by atoms with Crippen molar-refractivity contribution in [1.82, 2.24) is 4.98 Å². The minimum absolute atomic E-state index is 0.0682. The third-order valence-electron chi connectivity index (χ3n) is 4.00. The van der Waals surface area contributed by atoms with Gasteiger partial charge in [0, 0.05) is 20.8 Å². The number of amides is 1. The molecule has 4 rings (SSSR count). The standard InChI is InChI=1S/C21H15BrN2O2S/c22-16-10-8-15(9-11-16)18-13-27-21(23-18)24-20(25)12-26-19-7-3-5-14-4-1-2-6-17(14)19/h1-11,13H,12H2,(H,23,24,25). The SMILES string of the molecule is O=C(COc1cccc2ccccc12)Nc1nc(-c2ccc(Br)cc2)cs1. The molecule has 0 saturated heterocycles. The maximum atomic E-state index is 12.2. The lowest BCUT2D eigenvalue weighted by Crippen LogP contribution is -2.20. The van der Waals surface area contributed by atoms with Crippen molar-refractivity contribution < 1.29 is 9.53 Å². The predicted octanol–water partition coefficient (Wildman–Crippen LogP) is 5.74. The van der Waals surface area contributed by atoms with Gasteiger partial charge in [0.25, 0.3) is 5.91 Å². The third kappa shape index (κ3) is 4.18. The quantitative estimate of drug-likeness (QED) is 0.431. The summed E-state index contributed by atoms with van der Waals surface area (Å²) in [6.07, 6.45) is 0. The van der Waals surface area contributed by atoms with E-state index in [1.165, 1.54) is 11.3 Å². The summed E-state index contributed by atoms with van der Waals surface area (Å²) in [5.41, 5.74) is 1.83. The van der Waals surface area contributed by atoms with E-state index in [-0.39, 0.29) is 12.5 Å². The summed E-state index contributed by atoms with van der Waals surface area (Å²) >= 11 is 4.81. The molecule has 0 atom stereocenters. The Kier molecular flexibility index (Phi) is 5.18. The molecule has 27 heavy (non-hydrogen) atoms. The first-order chi connectivity index (χ1) is 13.2. The van der Waals surface area contributed by atoms with Crippen LogP contribution in [0.1, 0.15) is 0 Å². The zero-order valence-corrected chi connectivity index (χ0v) is 16.6. The van der Waals surface area contributed by atoms with E-state index in [2.05, 4.69) is 26.2 Å². The number of aromatic nitrogens is 1. The van der Waals surface area contributed by atoms with Gasteiger partial charge in [-0.1, -0.05) is 64.5 Å². The maximum absolute atomic E-state index is 12.2. The molecule has 4 nitrogen and oxygen atoms in total. The summed E-state index contributed by atoms with van der Waals surface area (Å²) in [5, 5.41) is 7.34. The van der Waals surface area contributed by atoms with Crippen LogP contribution < -0.4 is 10.1 Å². The molecule has 4 aromatic rings. The third-order valence-corrected chi connectivity index (χ3v) is 5.29. The molecule has 0 radical (unpaired) electrons. The fraction of sp³-hybridized carbons (Fsp3) is 0.0476. The van der Waals surface area contributed by atoms with Gasteiger partial charge >= 0.3 is 0 Å². The van der Waals surface area contributed by atoms with Gasteiger partial charge in [-0.25, -0.2) is 4.98 Å². The topological polar surface area (TPSA) is 51.2 Å². The number of fused-ring (bicyclic) bond motifs is 1. The van der Waals surface area contributed by atoms with Crippen LogP contribution in [0.25, 0.3) is 22.0 Å². The van der Waals surface area contributed by atoms with Crippen LogP contribution in [0.3, 0.4) is 0 Å². The van der Waals surface area contributed by atoms with Gasteiger partial charge in [-0.15, -0.1) is 11.3 Å². The van der Waals surface area contributed by atoms with Crippen molar-refractivity contribution in [2.45, 2.75) is 0 Å². The van der Waals surface area contributed by atoms with Crippen LogP contribution in [-0.4, -0.2) is 17.5 Å². The molecule has 1 N–H and O–H groups in total. The normalized spacial score (nSPS) is 10.7. The molecule has 0 aliphatic heterocycles. The lowest BCUT2D eigenvalue weighted by molar-refractivity contribution is -0.118. The monoisotopic (exact) mass is 438 g/mol. The second-order valence-electron chi connectivity index (χ2n) is 5.86. The van der Waals surface area contributed by atoms with Gasteiger partial charge in [0.05, 0.1) is 5.69 Å². The zero-order chi connectivity index (χ0) is 18.6. The summed E-state index contributed by atoms with van der Waals surface area (Å²) in [4.78, 5) is 16.7. The lowest BCUT2D eigenvalue weighted by Gasteiger charge is -2.08. The summed E-state index contributed by atoms with van der Waals surface area (Å²) < 4.78 is 6.73. The summed E-state index contributed by atoms with van der Waals surface area (Å²) in [6, 6.07) is 21.6. The van der Waals surface area contributed by atoms with Gasteiger partial charge in [-0.05, 0) is 23.6 Å². The van der Waals surface area contributed by atoms with Crippen LogP contribution in [0.4, 0.5) is 5.13 Å². The van der Waals surface area contributed by atoms with Crippen LogP contribution in [0.15, 0.2) is 76.6 Å². The Bertz CT molecular complexity index is 1090. The van der Waals surface area contributed by atoms with E-state index >= 15 is 0 Å². The first-order valence-electron chi connectivity index (χ1n) is 8.31. The Morgan fingerprint density at radius 2 is 1.81 bits per heavy atom. The summed E-state index contributed by atoms with van der Waals surface area (Å²) in [7, 11) is 0. The Labute approximate surface area is 169 Å². The number of thiazole rings is 1. The van der Waals surface area contributed by atoms with E-state index in [1.54, 1.807) is 0 Å².